The molecule has 2 N–H and O–H groups in total. The Morgan fingerprint density at radius 1 is 1.08 bits per heavy atom. The number of halogens is 3. The highest BCUT2D eigenvalue weighted by Gasteiger charge is 2.24. The van der Waals surface area contributed by atoms with E-state index in [2.05, 4.69) is 4.90 Å². The molecule has 1 aliphatic rings. The van der Waals surface area contributed by atoms with E-state index in [9.17, 15) is 9.50 Å². The molecule has 0 aliphatic carbocycles. The number of aliphatic hydroxyl groups is 1. The molecule has 2 aromatic carbocycles. The Bertz CT molecular complexity index is 721. The number of hydrogen-bond acceptors (Lipinski definition) is 3. The van der Waals surface area contributed by atoms with Crippen molar-refractivity contribution in [2.24, 2.45) is 0 Å². The topological polar surface area (TPSA) is 27.9 Å². The summed E-state index contributed by atoms with van der Waals surface area (Å²) >= 11 is 13.8. The maximum Gasteiger partial charge on any atom is 0.146 e. The summed E-state index contributed by atoms with van der Waals surface area (Å²) in [5.41, 5.74) is 0.663. The molecule has 0 spiro atoms. The molecule has 140 valence electrons. The van der Waals surface area contributed by atoms with Crippen molar-refractivity contribution in [1.29, 1.82) is 0 Å². The van der Waals surface area contributed by atoms with Crippen molar-refractivity contribution in [3.05, 3.63) is 58.3 Å². The van der Waals surface area contributed by atoms with Gasteiger partial charge in [0.05, 0.1) is 41.9 Å². The van der Waals surface area contributed by atoms with E-state index < -0.39 is 6.10 Å². The number of benzene rings is 2. The third-order valence-electron chi connectivity index (χ3n) is 4.53. The number of nitrogens with zero attached hydrogens (tertiary/aromatic N) is 1. The molecule has 1 atom stereocenters. The van der Waals surface area contributed by atoms with Gasteiger partial charge in [0.2, 0.25) is 0 Å². The Balaban J connectivity index is 1.46. The fourth-order valence-electron chi connectivity index (χ4n) is 3.17. The van der Waals surface area contributed by atoms with Crippen LogP contribution in [0.15, 0.2) is 47.4 Å². The lowest BCUT2D eigenvalue weighted by Crippen LogP contribution is -3.16. The molecule has 2 aromatic rings. The van der Waals surface area contributed by atoms with E-state index in [1.807, 2.05) is 18.2 Å². The van der Waals surface area contributed by atoms with Gasteiger partial charge in [-0.2, -0.15) is 0 Å². The van der Waals surface area contributed by atoms with Gasteiger partial charge >= 0.3 is 0 Å². The van der Waals surface area contributed by atoms with Crippen LogP contribution in [0, 0.1) is 5.82 Å². The molecule has 1 aliphatic heterocycles. The van der Waals surface area contributed by atoms with Crippen LogP contribution >= 0.6 is 35.0 Å². The van der Waals surface area contributed by atoms with Crippen molar-refractivity contribution in [1.82, 2.24) is 0 Å². The Morgan fingerprint density at radius 2 is 1.73 bits per heavy atom. The minimum absolute atomic E-state index is 0.177. The van der Waals surface area contributed by atoms with Crippen LogP contribution in [0.3, 0.4) is 0 Å². The highest BCUT2D eigenvalue weighted by molar-refractivity contribution is 7.99. The summed E-state index contributed by atoms with van der Waals surface area (Å²) in [6, 6.07) is 12.3. The van der Waals surface area contributed by atoms with Crippen molar-refractivity contribution in [3.8, 4) is 0 Å². The van der Waals surface area contributed by atoms with Crippen molar-refractivity contribution in [2.75, 3.05) is 43.4 Å². The Kier molecular flexibility index (Phi) is 7.06. The summed E-state index contributed by atoms with van der Waals surface area (Å²) in [6.07, 6.45) is -0.442. The minimum Gasteiger partial charge on any atom is -0.386 e. The molecule has 3 nitrogen and oxygen atoms in total. The molecule has 26 heavy (non-hydrogen) atoms. The minimum atomic E-state index is -0.442. The molecule has 0 amide bonds. The van der Waals surface area contributed by atoms with Crippen molar-refractivity contribution >= 4 is 40.7 Å². The monoisotopic (exact) mass is 415 g/mol. The summed E-state index contributed by atoms with van der Waals surface area (Å²) in [5, 5.41) is 11.6. The SMILES string of the molecule is O[C@H](CSc1c(Cl)cccc1Cl)C[NH+]1CCN(c2ccccc2F)CC1. The predicted octanol–water partition coefficient (Wildman–Crippen LogP) is 2.99. The molecule has 1 heterocycles. The van der Waals surface area contributed by atoms with E-state index in [0.29, 0.717) is 28.0 Å². The standard InChI is InChI=1S/C19H21Cl2FN2OS/c20-15-4-3-5-16(21)19(15)26-13-14(25)12-23-8-10-24(11-9-23)18-7-2-1-6-17(18)22/h1-7,14,25H,8-13H2/p+1/t14-/m0/s1. The van der Waals surface area contributed by atoms with Gasteiger partial charge in [0, 0.05) is 10.6 Å². The van der Waals surface area contributed by atoms with E-state index in [-0.39, 0.29) is 5.82 Å². The van der Waals surface area contributed by atoms with Gasteiger partial charge in [-0.05, 0) is 24.3 Å². The molecular formula is C19H22Cl2FN2OS+. The zero-order valence-electron chi connectivity index (χ0n) is 14.3. The maximum atomic E-state index is 13.9. The third-order valence-corrected chi connectivity index (χ3v) is 6.66. The second-order valence-electron chi connectivity index (χ2n) is 6.41. The fraction of sp³-hybridized carbons (Fsp3) is 0.368. The zero-order chi connectivity index (χ0) is 18.5. The first-order valence-electron chi connectivity index (χ1n) is 8.62. The largest absolute Gasteiger partial charge is 0.386 e. The molecule has 7 heteroatoms. The quantitative estimate of drug-likeness (QED) is 0.710. The molecule has 0 saturated carbocycles. The van der Waals surface area contributed by atoms with E-state index in [0.717, 1.165) is 31.1 Å². The number of thioether (sulfide) groups is 1. The van der Waals surface area contributed by atoms with E-state index in [4.69, 9.17) is 23.2 Å². The number of hydrogen-bond donors (Lipinski definition) is 2. The average Bonchev–Trinajstić information content (AvgIpc) is 2.62. The van der Waals surface area contributed by atoms with E-state index >= 15 is 0 Å². The van der Waals surface area contributed by atoms with Crippen LogP contribution in [0.25, 0.3) is 0 Å². The zero-order valence-corrected chi connectivity index (χ0v) is 16.6. The number of rotatable bonds is 6. The van der Waals surface area contributed by atoms with Gasteiger partial charge in [-0.1, -0.05) is 41.4 Å². The van der Waals surface area contributed by atoms with Gasteiger partial charge in [-0.15, -0.1) is 11.8 Å². The summed E-state index contributed by atoms with van der Waals surface area (Å²) < 4.78 is 13.9. The molecular weight excluding hydrogens is 394 g/mol. The van der Waals surface area contributed by atoms with Crippen molar-refractivity contribution in [2.45, 2.75) is 11.0 Å². The molecule has 0 bridgehead atoms. The number of anilines is 1. The summed E-state index contributed by atoms with van der Waals surface area (Å²) in [5.74, 6) is 0.369. The lowest BCUT2D eigenvalue weighted by Gasteiger charge is -2.34. The summed E-state index contributed by atoms with van der Waals surface area (Å²) in [6.45, 7) is 3.99. The highest BCUT2D eigenvalue weighted by atomic mass is 35.5. The number of aliphatic hydroxyl groups excluding tert-OH is 1. The smallest absolute Gasteiger partial charge is 0.146 e. The van der Waals surface area contributed by atoms with Gasteiger partial charge in [0.25, 0.3) is 0 Å². The van der Waals surface area contributed by atoms with Gasteiger partial charge in [0.15, 0.2) is 0 Å². The third kappa shape index (κ3) is 5.05. The van der Waals surface area contributed by atoms with Crippen LogP contribution in [0.2, 0.25) is 10.0 Å². The van der Waals surface area contributed by atoms with E-state index in [1.54, 1.807) is 18.2 Å². The van der Waals surface area contributed by atoms with Gasteiger partial charge < -0.3 is 14.9 Å². The van der Waals surface area contributed by atoms with Crippen molar-refractivity contribution in [3.63, 3.8) is 0 Å². The summed E-state index contributed by atoms with van der Waals surface area (Å²) in [4.78, 5) is 4.22. The number of piperazine rings is 1. The normalized spacial score (nSPS) is 16.7. The molecule has 0 unspecified atom stereocenters. The Hall–Kier alpha value is -0.980. The first-order chi connectivity index (χ1) is 12.5. The van der Waals surface area contributed by atoms with Crippen LogP contribution in [-0.4, -0.2) is 49.7 Å². The second-order valence-corrected chi connectivity index (χ2v) is 8.25. The molecule has 3 rings (SSSR count). The van der Waals surface area contributed by atoms with E-state index in [1.165, 1.54) is 22.7 Å². The Morgan fingerprint density at radius 3 is 2.38 bits per heavy atom. The molecule has 0 aromatic heterocycles. The lowest BCUT2D eigenvalue weighted by molar-refractivity contribution is -0.903. The van der Waals surface area contributed by atoms with Crippen LogP contribution < -0.4 is 9.80 Å². The Labute approximate surface area is 167 Å². The van der Waals surface area contributed by atoms with Crippen molar-refractivity contribution < 1.29 is 14.4 Å². The lowest BCUT2D eigenvalue weighted by atomic mass is 10.2. The first-order valence-corrected chi connectivity index (χ1v) is 10.4. The maximum absolute atomic E-state index is 13.9. The average molecular weight is 416 g/mol. The van der Waals surface area contributed by atoms with Crippen LogP contribution in [0.1, 0.15) is 0 Å². The number of quaternary nitrogens is 1. The fourth-order valence-corrected chi connectivity index (χ4v) is 4.78. The molecule has 1 saturated heterocycles. The first kappa shape index (κ1) is 19.8. The van der Waals surface area contributed by atoms with Crippen LogP contribution in [0.5, 0.6) is 0 Å². The van der Waals surface area contributed by atoms with Crippen LogP contribution in [-0.2, 0) is 0 Å². The predicted molar refractivity (Wildman–Crippen MR) is 107 cm³/mol. The molecule has 1 fully saturated rings. The van der Waals surface area contributed by atoms with Gasteiger partial charge in [-0.3, -0.25) is 0 Å². The molecule has 0 radical (unpaired) electrons. The summed E-state index contributed by atoms with van der Waals surface area (Å²) in [7, 11) is 0. The second kappa shape index (κ2) is 9.29. The number of para-hydroxylation sites is 1. The van der Waals surface area contributed by atoms with Crippen LogP contribution in [0.4, 0.5) is 10.1 Å². The van der Waals surface area contributed by atoms with Gasteiger partial charge in [0.1, 0.15) is 18.5 Å². The van der Waals surface area contributed by atoms with Gasteiger partial charge in [-0.25, -0.2) is 4.39 Å². The number of nitrogens with one attached hydrogen (secondary N) is 1. The highest BCUT2D eigenvalue weighted by Crippen LogP contribution is 2.34.